The minimum atomic E-state index is 0. The van der Waals surface area contributed by atoms with Crippen LogP contribution in [-0.4, -0.2) is 13.0 Å². The molecular weight excluding hydrogens is 150 g/mol. The molecule has 1 amide bonds. The third-order valence-corrected chi connectivity index (χ3v) is 2.02. The quantitative estimate of drug-likeness (QED) is 0.680. The molecular formula is C10H23NO. The maximum absolute atomic E-state index is 11.1. The molecule has 0 saturated carbocycles. The summed E-state index contributed by atoms with van der Waals surface area (Å²) in [4.78, 5) is 11.1. The molecule has 1 N–H and O–H groups in total. The Kier molecular flexibility index (Phi) is 10.0. The molecule has 1 atom stereocenters. The zero-order valence-electron chi connectivity index (χ0n) is 7.81. The summed E-state index contributed by atoms with van der Waals surface area (Å²) >= 11 is 0. The summed E-state index contributed by atoms with van der Waals surface area (Å²) in [7, 11) is 1.71. The van der Waals surface area contributed by atoms with E-state index < -0.39 is 0 Å². The molecule has 2 heteroatoms. The fraction of sp³-hybridized carbons (Fsp3) is 0.900. The Balaban J connectivity index is 0. The van der Waals surface area contributed by atoms with Crippen molar-refractivity contribution in [1.82, 2.24) is 5.32 Å². The van der Waals surface area contributed by atoms with Gasteiger partial charge in [0.25, 0.3) is 0 Å². The monoisotopic (exact) mass is 173 g/mol. The van der Waals surface area contributed by atoms with Crippen molar-refractivity contribution in [2.75, 3.05) is 7.05 Å². The minimum absolute atomic E-state index is 0. The first-order valence-electron chi connectivity index (χ1n) is 4.47. The largest absolute Gasteiger partial charge is 0.359 e. The lowest BCUT2D eigenvalue weighted by atomic mass is 9.99. The number of hydrogen-bond donors (Lipinski definition) is 1. The molecule has 0 saturated heterocycles. The number of amides is 1. The summed E-state index contributed by atoms with van der Waals surface area (Å²) in [6.07, 6.45) is 4.33. The van der Waals surface area contributed by atoms with Crippen molar-refractivity contribution in [3.05, 3.63) is 0 Å². The Morgan fingerprint density at radius 1 is 1.42 bits per heavy atom. The molecule has 0 aromatic rings. The number of hydrogen-bond acceptors (Lipinski definition) is 1. The van der Waals surface area contributed by atoms with E-state index in [1.54, 1.807) is 7.05 Å². The molecule has 74 valence electrons. The van der Waals surface area contributed by atoms with E-state index in [-0.39, 0.29) is 19.3 Å². The van der Waals surface area contributed by atoms with Gasteiger partial charge in [-0.15, -0.1) is 0 Å². The van der Waals surface area contributed by atoms with Gasteiger partial charge in [-0.05, 0) is 12.8 Å². The normalized spacial score (nSPS) is 11.6. The molecule has 0 bridgehead atoms. The Morgan fingerprint density at radius 2 is 2.00 bits per heavy atom. The van der Waals surface area contributed by atoms with E-state index in [0.717, 1.165) is 19.3 Å². The van der Waals surface area contributed by atoms with Crippen LogP contribution in [0.2, 0.25) is 0 Å². The van der Waals surface area contributed by atoms with Crippen molar-refractivity contribution < 1.29 is 4.79 Å². The van der Waals surface area contributed by atoms with Crippen molar-refractivity contribution in [3.8, 4) is 0 Å². The Bertz CT molecular complexity index is 112. The SMILES string of the molecule is C.CCCCC(CC)C(=O)NC. The average Bonchev–Trinajstić information content (AvgIpc) is 2.05. The summed E-state index contributed by atoms with van der Waals surface area (Å²) in [5.41, 5.74) is 0. The lowest BCUT2D eigenvalue weighted by molar-refractivity contribution is -0.124. The Labute approximate surface area is 76.7 Å². The van der Waals surface area contributed by atoms with Gasteiger partial charge >= 0.3 is 0 Å². The number of rotatable bonds is 5. The fourth-order valence-corrected chi connectivity index (χ4v) is 1.18. The zero-order valence-corrected chi connectivity index (χ0v) is 7.81. The van der Waals surface area contributed by atoms with Gasteiger partial charge in [-0.3, -0.25) is 4.79 Å². The zero-order chi connectivity index (χ0) is 8.69. The van der Waals surface area contributed by atoms with E-state index in [1.165, 1.54) is 6.42 Å². The summed E-state index contributed by atoms with van der Waals surface area (Å²) in [5.74, 6) is 0.431. The van der Waals surface area contributed by atoms with Crippen LogP contribution in [0.1, 0.15) is 47.0 Å². The predicted octanol–water partition coefficient (Wildman–Crippen LogP) is 2.58. The standard InChI is InChI=1S/C9H19NO.CH4/c1-4-6-7-8(5-2)9(11)10-3;/h8H,4-7H2,1-3H3,(H,10,11);1H4. The third kappa shape index (κ3) is 5.16. The minimum Gasteiger partial charge on any atom is -0.359 e. The molecule has 0 aromatic carbocycles. The number of carbonyl (C=O) groups excluding carboxylic acids is 1. The first kappa shape index (κ1) is 14.0. The summed E-state index contributed by atoms with van der Waals surface area (Å²) < 4.78 is 0. The molecule has 0 fully saturated rings. The second-order valence-electron chi connectivity index (χ2n) is 2.86. The van der Waals surface area contributed by atoms with Gasteiger partial charge < -0.3 is 5.32 Å². The van der Waals surface area contributed by atoms with Crippen LogP contribution in [0.15, 0.2) is 0 Å². The lowest BCUT2D eigenvalue weighted by Crippen LogP contribution is -2.26. The first-order chi connectivity index (χ1) is 5.26. The van der Waals surface area contributed by atoms with Gasteiger partial charge in [0.05, 0.1) is 0 Å². The van der Waals surface area contributed by atoms with Crippen molar-refractivity contribution in [2.45, 2.75) is 47.0 Å². The van der Waals surface area contributed by atoms with Crippen LogP contribution in [0.3, 0.4) is 0 Å². The van der Waals surface area contributed by atoms with Gasteiger partial charge in [-0.2, -0.15) is 0 Å². The lowest BCUT2D eigenvalue weighted by Gasteiger charge is -2.11. The molecule has 0 aliphatic carbocycles. The highest BCUT2D eigenvalue weighted by molar-refractivity contribution is 5.78. The molecule has 0 radical (unpaired) electrons. The maximum atomic E-state index is 11.1. The second-order valence-corrected chi connectivity index (χ2v) is 2.86. The van der Waals surface area contributed by atoms with Crippen molar-refractivity contribution in [1.29, 1.82) is 0 Å². The van der Waals surface area contributed by atoms with Gasteiger partial charge in [0.15, 0.2) is 0 Å². The van der Waals surface area contributed by atoms with Gasteiger partial charge in [-0.1, -0.05) is 34.1 Å². The molecule has 0 aliphatic rings. The highest BCUT2D eigenvalue weighted by atomic mass is 16.1. The van der Waals surface area contributed by atoms with E-state index in [9.17, 15) is 4.79 Å². The molecule has 12 heavy (non-hydrogen) atoms. The van der Waals surface area contributed by atoms with Crippen molar-refractivity contribution in [3.63, 3.8) is 0 Å². The van der Waals surface area contributed by atoms with Crippen molar-refractivity contribution in [2.24, 2.45) is 5.92 Å². The molecule has 0 aromatic heterocycles. The van der Waals surface area contributed by atoms with Crippen LogP contribution < -0.4 is 5.32 Å². The van der Waals surface area contributed by atoms with E-state index >= 15 is 0 Å². The molecule has 2 nitrogen and oxygen atoms in total. The number of nitrogens with one attached hydrogen (secondary N) is 1. The highest BCUT2D eigenvalue weighted by Gasteiger charge is 2.12. The predicted molar refractivity (Wildman–Crippen MR) is 54.1 cm³/mol. The summed E-state index contributed by atoms with van der Waals surface area (Å²) in [6, 6.07) is 0. The molecule has 0 heterocycles. The molecule has 0 rings (SSSR count). The van der Waals surface area contributed by atoms with E-state index in [2.05, 4.69) is 19.2 Å². The third-order valence-electron chi connectivity index (χ3n) is 2.02. The Hall–Kier alpha value is -0.530. The van der Waals surface area contributed by atoms with Crippen molar-refractivity contribution >= 4 is 5.91 Å². The smallest absolute Gasteiger partial charge is 0.222 e. The summed E-state index contributed by atoms with van der Waals surface area (Å²) in [5, 5.41) is 2.69. The van der Waals surface area contributed by atoms with E-state index in [4.69, 9.17) is 0 Å². The first-order valence-corrected chi connectivity index (χ1v) is 4.47. The highest BCUT2D eigenvalue weighted by Crippen LogP contribution is 2.11. The average molecular weight is 173 g/mol. The van der Waals surface area contributed by atoms with E-state index in [0.29, 0.717) is 0 Å². The number of unbranched alkanes of at least 4 members (excludes halogenated alkanes) is 1. The molecule has 0 spiro atoms. The van der Waals surface area contributed by atoms with Gasteiger partial charge in [0.1, 0.15) is 0 Å². The summed E-state index contributed by atoms with van der Waals surface area (Å²) in [6.45, 7) is 4.21. The van der Waals surface area contributed by atoms with Crippen LogP contribution in [0.25, 0.3) is 0 Å². The van der Waals surface area contributed by atoms with Crippen LogP contribution in [0.4, 0.5) is 0 Å². The van der Waals surface area contributed by atoms with Crippen LogP contribution in [0.5, 0.6) is 0 Å². The van der Waals surface area contributed by atoms with Crippen LogP contribution >= 0.6 is 0 Å². The fourth-order valence-electron chi connectivity index (χ4n) is 1.18. The number of carbonyl (C=O) groups is 1. The van der Waals surface area contributed by atoms with Gasteiger partial charge in [0, 0.05) is 13.0 Å². The van der Waals surface area contributed by atoms with Crippen LogP contribution in [0, 0.1) is 5.92 Å². The Morgan fingerprint density at radius 3 is 2.33 bits per heavy atom. The second kappa shape index (κ2) is 8.57. The topological polar surface area (TPSA) is 29.1 Å². The molecule has 1 unspecified atom stereocenters. The van der Waals surface area contributed by atoms with Crippen LogP contribution in [-0.2, 0) is 4.79 Å². The van der Waals surface area contributed by atoms with Gasteiger partial charge in [0.2, 0.25) is 5.91 Å². The molecule has 0 aliphatic heterocycles. The maximum Gasteiger partial charge on any atom is 0.222 e. The van der Waals surface area contributed by atoms with Gasteiger partial charge in [-0.25, -0.2) is 0 Å². The van der Waals surface area contributed by atoms with E-state index in [1.807, 2.05) is 0 Å².